The van der Waals surface area contributed by atoms with Crippen LogP contribution in [-0.4, -0.2) is 55.3 Å². The molecule has 2 saturated heterocycles. The van der Waals surface area contributed by atoms with E-state index in [1.807, 2.05) is 30.3 Å². The highest BCUT2D eigenvalue weighted by molar-refractivity contribution is 5.86. The monoisotopic (exact) mass is 361 g/mol. The topological polar surface area (TPSA) is 65.1 Å². The Hall–Kier alpha value is -1.92. The molecule has 3 atom stereocenters. The number of carbonyl (C=O) groups is 2. The van der Waals surface area contributed by atoms with Gasteiger partial charge in [-0.1, -0.05) is 30.3 Å². The van der Waals surface area contributed by atoms with Crippen molar-refractivity contribution in [3.05, 3.63) is 35.9 Å². The minimum absolute atomic E-state index is 0.0430. The van der Waals surface area contributed by atoms with Crippen LogP contribution < -0.4 is 0 Å². The summed E-state index contributed by atoms with van der Waals surface area (Å²) in [7, 11) is 0. The Kier molecular flexibility index (Phi) is 6.63. The van der Waals surface area contributed by atoms with Crippen molar-refractivity contribution in [2.24, 2.45) is 0 Å². The van der Waals surface area contributed by atoms with E-state index < -0.39 is 18.2 Å². The zero-order chi connectivity index (χ0) is 18.4. The van der Waals surface area contributed by atoms with Gasteiger partial charge in [0.05, 0.1) is 12.7 Å². The third-order valence-electron chi connectivity index (χ3n) is 4.87. The van der Waals surface area contributed by atoms with Gasteiger partial charge in [0.2, 0.25) is 6.10 Å². The normalized spacial score (nSPS) is 22.2. The minimum Gasteiger partial charge on any atom is -0.445 e. The summed E-state index contributed by atoms with van der Waals surface area (Å²) in [5.74, 6) is -0.683. The quantitative estimate of drug-likeness (QED) is 0.698. The van der Waals surface area contributed by atoms with Crippen molar-refractivity contribution >= 4 is 11.9 Å². The second-order valence-corrected chi connectivity index (χ2v) is 6.87. The maximum Gasteiger partial charge on any atom is 0.336 e. The standard InChI is InChI=1S/C20H27NO5/c1-15(25-14-17-10-7-13-24-17)20(23)26-18(16-8-3-2-4-9-16)19(22)21-11-5-6-12-21/h2-4,8-9,15,17-18H,5-7,10-14H2,1H3. The van der Waals surface area contributed by atoms with Crippen molar-refractivity contribution in [3.63, 3.8) is 0 Å². The van der Waals surface area contributed by atoms with E-state index in [4.69, 9.17) is 14.2 Å². The van der Waals surface area contributed by atoms with E-state index >= 15 is 0 Å². The van der Waals surface area contributed by atoms with Crippen LogP contribution in [0, 0.1) is 0 Å². The molecule has 2 heterocycles. The number of amides is 1. The summed E-state index contributed by atoms with van der Waals surface area (Å²) >= 11 is 0. The van der Waals surface area contributed by atoms with Gasteiger partial charge in [0.25, 0.3) is 5.91 Å². The Morgan fingerprint density at radius 3 is 2.58 bits per heavy atom. The van der Waals surface area contributed by atoms with E-state index in [-0.39, 0.29) is 12.0 Å². The summed E-state index contributed by atoms with van der Waals surface area (Å²) in [6.07, 6.45) is 2.33. The van der Waals surface area contributed by atoms with E-state index in [9.17, 15) is 9.59 Å². The molecule has 1 aromatic carbocycles. The Bertz CT molecular complexity index is 593. The summed E-state index contributed by atoms with van der Waals surface area (Å²) in [6, 6.07) is 9.17. The Balaban J connectivity index is 1.62. The van der Waals surface area contributed by atoms with Gasteiger partial charge in [-0.15, -0.1) is 0 Å². The van der Waals surface area contributed by atoms with Crippen molar-refractivity contribution in [2.45, 2.75) is 50.9 Å². The van der Waals surface area contributed by atoms with Gasteiger partial charge >= 0.3 is 5.97 Å². The highest BCUT2D eigenvalue weighted by Crippen LogP contribution is 2.24. The molecule has 3 unspecified atom stereocenters. The van der Waals surface area contributed by atoms with Gasteiger partial charge < -0.3 is 19.1 Å². The lowest BCUT2D eigenvalue weighted by Crippen LogP contribution is -2.37. The zero-order valence-corrected chi connectivity index (χ0v) is 15.3. The fourth-order valence-electron chi connectivity index (χ4n) is 3.30. The summed E-state index contributed by atoms with van der Waals surface area (Å²) < 4.78 is 16.7. The number of hydrogen-bond acceptors (Lipinski definition) is 5. The first kappa shape index (κ1) is 18.9. The van der Waals surface area contributed by atoms with Crippen molar-refractivity contribution in [1.29, 1.82) is 0 Å². The molecule has 142 valence electrons. The molecule has 2 aliphatic heterocycles. The van der Waals surface area contributed by atoms with E-state index in [0.717, 1.165) is 32.3 Å². The van der Waals surface area contributed by atoms with Crippen LogP contribution in [0.25, 0.3) is 0 Å². The maximum atomic E-state index is 12.9. The van der Waals surface area contributed by atoms with Crippen LogP contribution in [0.3, 0.4) is 0 Å². The number of nitrogens with zero attached hydrogens (tertiary/aromatic N) is 1. The molecule has 1 amide bonds. The number of benzene rings is 1. The molecule has 0 spiro atoms. The largest absolute Gasteiger partial charge is 0.445 e. The van der Waals surface area contributed by atoms with Crippen LogP contribution in [0.4, 0.5) is 0 Å². The van der Waals surface area contributed by atoms with Crippen molar-refractivity contribution in [3.8, 4) is 0 Å². The average molecular weight is 361 g/mol. The highest BCUT2D eigenvalue weighted by atomic mass is 16.6. The molecular weight excluding hydrogens is 334 g/mol. The van der Waals surface area contributed by atoms with Crippen molar-refractivity contribution in [2.75, 3.05) is 26.3 Å². The Morgan fingerprint density at radius 1 is 1.19 bits per heavy atom. The zero-order valence-electron chi connectivity index (χ0n) is 15.3. The summed E-state index contributed by atoms with van der Waals surface area (Å²) in [5, 5.41) is 0. The van der Waals surface area contributed by atoms with Gasteiger partial charge in [0.1, 0.15) is 0 Å². The fraction of sp³-hybridized carbons (Fsp3) is 0.600. The first-order chi connectivity index (χ1) is 12.6. The Labute approximate surface area is 154 Å². The Morgan fingerprint density at radius 2 is 1.92 bits per heavy atom. The average Bonchev–Trinajstić information content (AvgIpc) is 3.38. The van der Waals surface area contributed by atoms with Crippen LogP contribution in [-0.2, 0) is 23.8 Å². The third kappa shape index (κ3) is 4.83. The number of rotatable bonds is 7. The lowest BCUT2D eigenvalue weighted by molar-refractivity contribution is -0.170. The molecule has 6 nitrogen and oxygen atoms in total. The fourth-order valence-corrected chi connectivity index (χ4v) is 3.30. The molecule has 0 bridgehead atoms. The maximum absolute atomic E-state index is 12.9. The number of carbonyl (C=O) groups excluding carboxylic acids is 2. The molecule has 0 aliphatic carbocycles. The van der Waals surface area contributed by atoms with Gasteiger partial charge in [0, 0.05) is 25.3 Å². The van der Waals surface area contributed by atoms with Crippen LogP contribution >= 0.6 is 0 Å². The molecule has 2 fully saturated rings. The molecule has 26 heavy (non-hydrogen) atoms. The lowest BCUT2D eigenvalue weighted by Gasteiger charge is -2.25. The van der Waals surface area contributed by atoms with Gasteiger partial charge in [-0.2, -0.15) is 0 Å². The van der Waals surface area contributed by atoms with Crippen LogP contribution in [0.5, 0.6) is 0 Å². The van der Waals surface area contributed by atoms with Gasteiger partial charge in [-0.05, 0) is 32.6 Å². The van der Waals surface area contributed by atoms with Crippen molar-refractivity contribution < 1.29 is 23.8 Å². The second kappa shape index (κ2) is 9.14. The second-order valence-electron chi connectivity index (χ2n) is 6.87. The number of esters is 1. The first-order valence-corrected chi connectivity index (χ1v) is 9.42. The summed E-state index contributed by atoms with van der Waals surface area (Å²) in [6.45, 7) is 4.19. The molecule has 0 saturated carbocycles. The predicted octanol–water partition coefficient (Wildman–Crippen LogP) is 2.48. The van der Waals surface area contributed by atoms with Gasteiger partial charge in [-0.3, -0.25) is 4.79 Å². The molecule has 0 radical (unpaired) electrons. The molecule has 0 N–H and O–H groups in total. The van der Waals surface area contributed by atoms with Crippen LogP contribution in [0.15, 0.2) is 30.3 Å². The van der Waals surface area contributed by atoms with Gasteiger partial charge in [0.15, 0.2) is 6.10 Å². The molecule has 2 aliphatic rings. The minimum atomic E-state index is -0.921. The molecule has 0 aromatic heterocycles. The van der Waals surface area contributed by atoms with Gasteiger partial charge in [-0.25, -0.2) is 4.79 Å². The van der Waals surface area contributed by atoms with E-state index in [0.29, 0.717) is 25.3 Å². The van der Waals surface area contributed by atoms with E-state index in [2.05, 4.69) is 0 Å². The summed E-state index contributed by atoms with van der Waals surface area (Å²) in [4.78, 5) is 27.1. The third-order valence-corrected chi connectivity index (χ3v) is 4.87. The molecule has 6 heteroatoms. The SMILES string of the molecule is CC(OCC1CCCO1)C(=O)OC(C(=O)N1CCCC1)c1ccccc1. The van der Waals surface area contributed by atoms with Crippen LogP contribution in [0.1, 0.15) is 44.3 Å². The van der Waals surface area contributed by atoms with E-state index in [1.54, 1.807) is 11.8 Å². The lowest BCUT2D eigenvalue weighted by atomic mass is 10.1. The summed E-state index contributed by atoms with van der Waals surface area (Å²) in [5.41, 5.74) is 0.684. The molecule has 3 rings (SSSR count). The number of ether oxygens (including phenoxy) is 3. The van der Waals surface area contributed by atoms with Crippen molar-refractivity contribution in [1.82, 2.24) is 4.90 Å². The van der Waals surface area contributed by atoms with Crippen LogP contribution in [0.2, 0.25) is 0 Å². The first-order valence-electron chi connectivity index (χ1n) is 9.42. The highest BCUT2D eigenvalue weighted by Gasteiger charge is 2.32. The number of hydrogen-bond donors (Lipinski definition) is 0. The van der Waals surface area contributed by atoms with E-state index in [1.165, 1.54) is 0 Å². The molecule has 1 aromatic rings. The molecular formula is C20H27NO5. The smallest absolute Gasteiger partial charge is 0.336 e. The number of likely N-dealkylation sites (tertiary alicyclic amines) is 1. The predicted molar refractivity (Wildman–Crippen MR) is 95.5 cm³/mol.